The van der Waals surface area contributed by atoms with Gasteiger partial charge in [-0.1, -0.05) is 30.3 Å². The Labute approximate surface area is 91.6 Å². The van der Waals surface area contributed by atoms with Gasteiger partial charge in [0.25, 0.3) is 0 Å². The lowest BCUT2D eigenvalue weighted by molar-refractivity contribution is 0.177. The fourth-order valence-electron chi connectivity index (χ4n) is 1.80. The highest BCUT2D eigenvalue weighted by Gasteiger charge is 2.22. The largest absolute Gasteiger partial charge is 0.384 e. The van der Waals surface area contributed by atoms with E-state index < -0.39 is 0 Å². The summed E-state index contributed by atoms with van der Waals surface area (Å²) in [6.45, 7) is 1.83. The van der Waals surface area contributed by atoms with Gasteiger partial charge < -0.3 is 10.1 Å². The molecular weight excluding hydrogens is 186 g/mol. The minimum atomic E-state index is 0.483. The second-order valence-electron chi connectivity index (χ2n) is 4.25. The highest BCUT2D eigenvalue weighted by Crippen LogP contribution is 2.21. The van der Waals surface area contributed by atoms with Crippen molar-refractivity contribution in [2.24, 2.45) is 0 Å². The standard InChI is InChI=1S/C13H19NO/c1-15-10-12(9-14-13-7-8-13)11-5-3-2-4-6-11/h2-6,12-14H,7-10H2,1H3. The van der Waals surface area contributed by atoms with Crippen molar-refractivity contribution >= 4 is 0 Å². The van der Waals surface area contributed by atoms with Crippen LogP contribution in [-0.2, 0) is 4.74 Å². The normalized spacial score (nSPS) is 17.7. The lowest BCUT2D eigenvalue weighted by Crippen LogP contribution is -2.26. The third kappa shape index (κ3) is 3.33. The van der Waals surface area contributed by atoms with Crippen LogP contribution in [0.1, 0.15) is 24.3 Å². The van der Waals surface area contributed by atoms with Crippen molar-refractivity contribution in [3.63, 3.8) is 0 Å². The molecule has 0 spiro atoms. The maximum atomic E-state index is 5.27. The lowest BCUT2D eigenvalue weighted by Gasteiger charge is -2.17. The molecule has 2 rings (SSSR count). The summed E-state index contributed by atoms with van der Waals surface area (Å²) < 4.78 is 5.27. The Hall–Kier alpha value is -0.860. The summed E-state index contributed by atoms with van der Waals surface area (Å²) in [4.78, 5) is 0. The number of nitrogens with one attached hydrogen (secondary N) is 1. The molecule has 2 nitrogen and oxygen atoms in total. The molecule has 0 saturated heterocycles. The highest BCUT2D eigenvalue weighted by atomic mass is 16.5. The van der Waals surface area contributed by atoms with E-state index >= 15 is 0 Å². The van der Waals surface area contributed by atoms with E-state index in [2.05, 4.69) is 35.6 Å². The van der Waals surface area contributed by atoms with Gasteiger partial charge in [-0.05, 0) is 18.4 Å². The van der Waals surface area contributed by atoms with Crippen LogP contribution in [-0.4, -0.2) is 26.3 Å². The van der Waals surface area contributed by atoms with E-state index in [9.17, 15) is 0 Å². The summed E-state index contributed by atoms with van der Waals surface area (Å²) in [5.41, 5.74) is 1.37. The molecule has 0 aliphatic heterocycles. The van der Waals surface area contributed by atoms with E-state index in [1.807, 2.05) is 0 Å². The fourth-order valence-corrected chi connectivity index (χ4v) is 1.80. The molecule has 2 heteroatoms. The zero-order valence-electron chi connectivity index (χ0n) is 9.28. The summed E-state index contributed by atoms with van der Waals surface area (Å²) in [7, 11) is 1.77. The maximum Gasteiger partial charge on any atom is 0.0543 e. The zero-order chi connectivity index (χ0) is 10.5. The van der Waals surface area contributed by atoms with Crippen LogP contribution in [0.3, 0.4) is 0 Å². The molecule has 0 bridgehead atoms. The number of methoxy groups -OCH3 is 1. The van der Waals surface area contributed by atoms with Crippen LogP contribution in [0.4, 0.5) is 0 Å². The highest BCUT2D eigenvalue weighted by molar-refractivity contribution is 5.20. The first-order chi connectivity index (χ1) is 7.40. The number of hydrogen-bond donors (Lipinski definition) is 1. The summed E-state index contributed by atoms with van der Waals surface area (Å²) >= 11 is 0. The smallest absolute Gasteiger partial charge is 0.0543 e. The predicted molar refractivity (Wildman–Crippen MR) is 62.1 cm³/mol. The van der Waals surface area contributed by atoms with E-state index in [4.69, 9.17) is 4.74 Å². The summed E-state index contributed by atoms with van der Waals surface area (Å²) in [5.74, 6) is 0.483. The Morgan fingerprint density at radius 2 is 2.07 bits per heavy atom. The Morgan fingerprint density at radius 3 is 2.67 bits per heavy atom. The molecule has 1 N–H and O–H groups in total. The molecule has 0 radical (unpaired) electrons. The van der Waals surface area contributed by atoms with Crippen molar-refractivity contribution in [3.8, 4) is 0 Å². The van der Waals surface area contributed by atoms with Gasteiger partial charge in [0, 0.05) is 25.6 Å². The zero-order valence-corrected chi connectivity index (χ0v) is 9.28. The number of ether oxygens (including phenoxy) is 1. The molecule has 1 aliphatic carbocycles. The van der Waals surface area contributed by atoms with Gasteiger partial charge in [0.15, 0.2) is 0 Å². The topological polar surface area (TPSA) is 21.3 Å². The monoisotopic (exact) mass is 205 g/mol. The van der Waals surface area contributed by atoms with Crippen molar-refractivity contribution in [1.82, 2.24) is 5.32 Å². The van der Waals surface area contributed by atoms with Gasteiger partial charge in [-0.25, -0.2) is 0 Å². The minimum Gasteiger partial charge on any atom is -0.384 e. The molecule has 0 amide bonds. The van der Waals surface area contributed by atoms with Crippen LogP contribution in [0.15, 0.2) is 30.3 Å². The van der Waals surface area contributed by atoms with Crippen molar-refractivity contribution in [1.29, 1.82) is 0 Å². The molecule has 1 aliphatic rings. The molecule has 0 heterocycles. The average Bonchev–Trinajstić information content (AvgIpc) is 3.09. The predicted octanol–water partition coefficient (Wildman–Crippen LogP) is 2.17. The molecule has 1 unspecified atom stereocenters. The second-order valence-corrected chi connectivity index (χ2v) is 4.25. The maximum absolute atomic E-state index is 5.27. The van der Waals surface area contributed by atoms with Crippen LogP contribution in [0.2, 0.25) is 0 Å². The van der Waals surface area contributed by atoms with Gasteiger partial charge in [-0.2, -0.15) is 0 Å². The van der Waals surface area contributed by atoms with E-state index in [-0.39, 0.29) is 0 Å². The van der Waals surface area contributed by atoms with Gasteiger partial charge in [0.1, 0.15) is 0 Å². The Bertz CT molecular complexity index is 282. The van der Waals surface area contributed by atoms with Gasteiger partial charge >= 0.3 is 0 Å². The molecule has 1 atom stereocenters. The molecule has 0 aromatic heterocycles. The Morgan fingerprint density at radius 1 is 1.33 bits per heavy atom. The molecule has 15 heavy (non-hydrogen) atoms. The first-order valence-electron chi connectivity index (χ1n) is 5.67. The number of hydrogen-bond acceptors (Lipinski definition) is 2. The van der Waals surface area contributed by atoms with Crippen molar-refractivity contribution in [2.45, 2.75) is 24.8 Å². The Balaban J connectivity index is 1.91. The number of rotatable bonds is 6. The first kappa shape index (κ1) is 10.7. The van der Waals surface area contributed by atoms with Crippen molar-refractivity contribution < 1.29 is 4.74 Å². The fraction of sp³-hybridized carbons (Fsp3) is 0.538. The van der Waals surface area contributed by atoms with Crippen LogP contribution in [0.25, 0.3) is 0 Å². The van der Waals surface area contributed by atoms with Crippen LogP contribution >= 0.6 is 0 Å². The van der Waals surface area contributed by atoms with Crippen molar-refractivity contribution in [3.05, 3.63) is 35.9 Å². The second kappa shape index (κ2) is 5.29. The average molecular weight is 205 g/mol. The molecular formula is C13H19NO. The molecule has 1 fully saturated rings. The third-order valence-electron chi connectivity index (χ3n) is 2.87. The molecule has 1 saturated carbocycles. The van der Waals surface area contributed by atoms with E-state index in [0.717, 1.165) is 19.2 Å². The van der Waals surface area contributed by atoms with Gasteiger partial charge in [-0.15, -0.1) is 0 Å². The van der Waals surface area contributed by atoms with Gasteiger partial charge in [0.05, 0.1) is 6.61 Å². The van der Waals surface area contributed by atoms with Crippen LogP contribution in [0, 0.1) is 0 Å². The van der Waals surface area contributed by atoms with Crippen molar-refractivity contribution in [2.75, 3.05) is 20.3 Å². The summed E-state index contributed by atoms with van der Waals surface area (Å²) in [6, 6.07) is 11.4. The van der Waals surface area contributed by atoms with Crippen LogP contribution in [0.5, 0.6) is 0 Å². The van der Waals surface area contributed by atoms with Gasteiger partial charge in [0.2, 0.25) is 0 Å². The SMILES string of the molecule is COCC(CNC1CC1)c1ccccc1. The van der Waals surface area contributed by atoms with E-state index in [0.29, 0.717) is 5.92 Å². The van der Waals surface area contributed by atoms with Crippen LogP contribution < -0.4 is 5.32 Å². The lowest BCUT2D eigenvalue weighted by atomic mass is 10.00. The first-order valence-corrected chi connectivity index (χ1v) is 5.67. The van der Waals surface area contributed by atoms with Gasteiger partial charge in [-0.3, -0.25) is 0 Å². The quantitative estimate of drug-likeness (QED) is 0.768. The summed E-state index contributed by atoms with van der Waals surface area (Å²) in [6.07, 6.45) is 2.68. The van der Waals surface area contributed by atoms with E-state index in [1.165, 1.54) is 18.4 Å². The number of benzene rings is 1. The molecule has 1 aromatic carbocycles. The molecule has 1 aromatic rings. The third-order valence-corrected chi connectivity index (χ3v) is 2.87. The van der Waals surface area contributed by atoms with E-state index in [1.54, 1.807) is 7.11 Å². The summed E-state index contributed by atoms with van der Waals surface area (Å²) in [5, 5.41) is 3.56. The molecule has 82 valence electrons. The Kier molecular flexibility index (Phi) is 3.75. The minimum absolute atomic E-state index is 0.483.